The number of nitrogens with zero attached hydrogens (tertiary/aromatic N) is 2. The second kappa shape index (κ2) is 5.76. The quantitative estimate of drug-likeness (QED) is 0.906. The van der Waals surface area contributed by atoms with Gasteiger partial charge in [0.15, 0.2) is 0 Å². The van der Waals surface area contributed by atoms with Crippen LogP contribution in [0, 0.1) is 12.8 Å². The number of nitrogens with one attached hydrogen (secondary N) is 1. The number of aryl methyl sites for hydroxylation is 2. The Bertz CT molecular complexity index is 709. The first-order chi connectivity index (χ1) is 10.5. The van der Waals surface area contributed by atoms with E-state index in [2.05, 4.69) is 38.5 Å². The maximum Gasteiger partial charge on any atom is 0.236 e. The number of aromatic nitrogens is 2. The largest absolute Gasteiger partial charge is 0.480 e. The molecule has 0 unspecified atom stereocenters. The Morgan fingerprint density at radius 1 is 1.41 bits per heavy atom. The minimum absolute atomic E-state index is 0.0190. The van der Waals surface area contributed by atoms with Crippen molar-refractivity contribution in [3.63, 3.8) is 0 Å². The summed E-state index contributed by atoms with van der Waals surface area (Å²) in [6.07, 6.45) is 0.884. The van der Waals surface area contributed by atoms with E-state index in [4.69, 9.17) is 4.74 Å². The van der Waals surface area contributed by atoms with E-state index in [9.17, 15) is 4.79 Å². The first-order valence-electron chi connectivity index (χ1n) is 7.15. The fourth-order valence-electron chi connectivity index (χ4n) is 2.79. The molecule has 5 nitrogen and oxygen atoms in total. The topological polar surface area (TPSA) is 56.1 Å². The van der Waals surface area contributed by atoms with Crippen molar-refractivity contribution in [2.24, 2.45) is 13.0 Å². The number of hydrogen-bond donors (Lipinski definition) is 1. The Morgan fingerprint density at radius 3 is 2.73 bits per heavy atom. The van der Waals surface area contributed by atoms with Gasteiger partial charge in [-0.05, 0) is 37.0 Å². The van der Waals surface area contributed by atoms with Crippen LogP contribution < -0.4 is 10.1 Å². The number of carbonyl (C=O) groups is 1. The van der Waals surface area contributed by atoms with Gasteiger partial charge in [-0.1, -0.05) is 28.1 Å². The standard InChI is InChI=1S/C16H18BrN3O2/c1-9-14(16(22-3)20(2)19-9)18-15(21)13-8-12(13)10-4-6-11(17)7-5-10/h4-7,12-13H,8H2,1-3H3,(H,18,21)/t12-,13+/m0/s1. The summed E-state index contributed by atoms with van der Waals surface area (Å²) in [5.41, 5.74) is 2.63. The van der Waals surface area contributed by atoms with Crippen molar-refractivity contribution in [2.45, 2.75) is 19.3 Å². The van der Waals surface area contributed by atoms with Crippen LogP contribution in [0.3, 0.4) is 0 Å². The van der Waals surface area contributed by atoms with Gasteiger partial charge in [-0.3, -0.25) is 4.79 Å². The molecule has 1 aliphatic rings. The number of carbonyl (C=O) groups excluding carboxylic acids is 1. The van der Waals surface area contributed by atoms with Gasteiger partial charge in [0.2, 0.25) is 11.8 Å². The van der Waals surface area contributed by atoms with E-state index in [1.54, 1.807) is 18.8 Å². The van der Waals surface area contributed by atoms with Gasteiger partial charge < -0.3 is 10.1 Å². The molecule has 22 heavy (non-hydrogen) atoms. The SMILES string of the molecule is COc1c(NC(=O)[C@@H]2C[C@H]2c2ccc(Br)cc2)c(C)nn1C. The third kappa shape index (κ3) is 2.75. The van der Waals surface area contributed by atoms with E-state index in [1.165, 1.54) is 5.56 Å². The predicted molar refractivity (Wildman–Crippen MR) is 88.1 cm³/mol. The van der Waals surface area contributed by atoms with E-state index in [0.29, 0.717) is 17.5 Å². The zero-order valence-electron chi connectivity index (χ0n) is 12.8. The van der Waals surface area contributed by atoms with Crippen LogP contribution in [0.25, 0.3) is 0 Å². The van der Waals surface area contributed by atoms with Crippen LogP contribution in [-0.2, 0) is 11.8 Å². The fourth-order valence-corrected chi connectivity index (χ4v) is 3.06. The lowest BCUT2D eigenvalue weighted by Gasteiger charge is -2.07. The molecule has 1 N–H and O–H groups in total. The van der Waals surface area contributed by atoms with Gasteiger partial charge in [-0.2, -0.15) is 5.10 Å². The maximum absolute atomic E-state index is 12.4. The summed E-state index contributed by atoms with van der Waals surface area (Å²) in [5.74, 6) is 0.926. The summed E-state index contributed by atoms with van der Waals surface area (Å²) in [6, 6.07) is 8.16. The Labute approximate surface area is 137 Å². The number of halogens is 1. The van der Waals surface area contributed by atoms with Gasteiger partial charge in [0, 0.05) is 17.4 Å². The van der Waals surface area contributed by atoms with Crippen molar-refractivity contribution in [1.82, 2.24) is 9.78 Å². The molecular formula is C16H18BrN3O2. The average molecular weight is 364 g/mol. The molecule has 1 amide bonds. The first-order valence-corrected chi connectivity index (χ1v) is 7.94. The third-order valence-corrected chi connectivity index (χ3v) is 4.57. The molecule has 1 heterocycles. The van der Waals surface area contributed by atoms with Crippen LogP contribution in [-0.4, -0.2) is 22.8 Å². The fraction of sp³-hybridized carbons (Fsp3) is 0.375. The summed E-state index contributed by atoms with van der Waals surface area (Å²) in [6.45, 7) is 1.86. The lowest BCUT2D eigenvalue weighted by Crippen LogP contribution is -2.15. The minimum atomic E-state index is 0.0190. The number of benzene rings is 1. The van der Waals surface area contributed by atoms with Gasteiger partial charge in [0.1, 0.15) is 5.69 Å². The summed E-state index contributed by atoms with van der Waals surface area (Å²) < 4.78 is 7.98. The second-order valence-corrected chi connectivity index (χ2v) is 6.50. The van der Waals surface area contributed by atoms with Crippen LogP contribution in [0.15, 0.2) is 28.7 Å². The zero-order valence-corrected chi connectivity index (χ0v) is 14.3. The maximum atomic E-state index is 12.4. The van der Waals surface area contributed by atoms with Gasteiger partial charge in [0.05, 0.1) is 12.8 Å². The number of anilines is 1. The summed E-state index contributed by atoms with van der Waals surface area (Å²) >= 11 is 3.43. The van der Waals surface area contributed by atoms with Crippen LogP contribution in [0.5, 0.6) is 5.88 Å². The summed E-state index contributed by atoms with van der Waals surface area (Å²) in [4.78, 5) is 12.4. The minimum Gasteiger partial charge on any atom is -0.480 e. The van der Waals surface area contributed by atoms with Crippen LogP contribution >= 0.6 is 15.9 Å². The summed E-state index contributed by atoms with van der Waals surface area (Å²) in [5, 5.41) is 7.24. The number of amides is 1. The smallest absolute Gasteiger partial charge is 0.236 e. The molecule has 1 saturated carbocycles. The molecule has 6 heteroatoms. The molecule has 1 aliphatic carbocycles. The van der Waals surface area contributed by atoms with Gasteiger partial charge in [-0.15, -0.1) is 0 Å². The highest BCUT2D eigenvalue weighted by atomic mass is 79.9. The van der Waals surface area contributed by atoms with Crippen molar-refractivity contribution in [2.75, 3.05) is 12.4 Å². The summed E-state index contributed by atoms with van der Waals surface area (Å²) in [7, 11) is 3.37. The lowest BCUT2D eigenvalue weighted by molar-refractivity contribution is -0.117. The Kier molecular flexibility index (Phi) is 3.95. The van der Waals surface area contributed by atoms with Crippen LogP contribution in [0.4, 0.5) is 5.69 Å². The highest BCUT2D eigenvalue weighted by Gasteiger charge is 2.44. The van der Waals surface area contributed by atoms with Gasteiger partial charge in [-0.25, -0.2) is 4.68 Å². The molecule has 3 rings (SSSR count). The van der Waals surface area contributed by atoms with Crippen molar-refractivity contribution >= 4 is 27.5 Å². The molecule has 0 spiro atoms. The monoisotopic (exact) mass is 363 g/mol. The third-order valence-electron chi connectivity index (χ3n) is 4.04. The molecular weight excluding hydrogens is 346 g/mol. The molecule has 0 aliphatic heterocycles. The number of hydrogen-bond acceptors (Lipinski definition) is 3. The van der Waals surface area contributed by atoms with E-state index in [1.807, 2.05) is 19.1 Å². The van der Waals surface area contributed by atoms with E-state index < -0.39 is 0 Å². The van der Waals surface area contributed by atoms with Crippen LogP contribution in [0.2, 0.25) is 0 Å². The van der Waals surface area contributed by atoms with Crippen molar-refractivity contribution < 1.29 is 9.53 Å². The van der Waals surface area contributed by atoms with E-state index in [0.717, 1.165) is 16.6 Å². The highest BCUT2D eigenvalue weighted by molar-refractivity contribution is 9.10. The molecule has 1 aromatic heterocycles. The number of rotatable bonds is 4. The number of methoxy groups -OCH3 is 1. The van der Waals surface area contributed by atoms with Gasteiger partial charge in [0.25, 0.3) is 0 Å². The molecule has 116 valence electrons. The first kappa shape index (κ1) is 15.1. The molecule has 2 aromatic rings. The molecule has 0 radical (unpaired) electrons. The van der Waals surface area contributed by atoms with Crippen molar-refractivity contribution in [3.05, 3.63) is 40.0 Å². The predicted octanol–water partition coefficient (Wildman–Crippen LogP) is 3.24. The number of ether oxygens (including phenoxy) is 1. The Hall–Kier alpha value is -1.82. The second-order valence-electron chi connectivity index (χ2n) is 5.58. The molecule has 1 fully saturated rings. The Balaban J connectivity index is 1.71. The van der Waals surface area contributed by atoms with Crippen molar-refractivity contribution in [3.8, 4) is 5.88 Å². The lowest BCUT2D eigenvalue weighted by atomic mass is 10.1. The Morgan fingerprint density at radius 2 is 2.09 bits per heavy atom. The molecule has 2 atom stereocenters. The van der Waals surface area contributed by atoms with Crippen molar-refractivity contribution in [1.29, 1.82) is 0 Å². The normalized spacial score (nSPS) is 19.8. The van der Waals surface area contributed by atoms with E-state index >= 15 is 0 Å². The molecule has 1 aromatic carbocycles. The highest BCUT2D eigenvalue weighted by Crippen LogP contribution is 2.48. The average Bonchev–Trinajstić information content (AvgIpc) is 3.23. The van der Waals surface area contributed by atoms with E-state index in [-0.39, 0.29) is 11.8 Å². The van der Waals surface area contributed by atoms with Gasteiger partial charge >= 0.3 is 0 Å². The molecule has 0 bridgehead atoms. The molecule has 0 saturated heterocycles. The zero-order chi connectivity index (χ0) is 15.9. The van der Waals surface area contributed by atoms with Crippen LogP contribution in [0.1, 0.15) is 23.6 Å².